The molecular formula is C26H44F2O3. The number of halogens is 2. The Hall–Kier alpha value is -1.04. The van der Waals surface area contributed by atoms with Gasteiger partial charge < -0.3 is 14.2 Å². The van der Waals surface area contributed by atoms with Gasteiger partial charge >= 0.3 is 0 Å². The summed E-state index contributed by atoms with van der Waals surface area (Å²) in [6.45, 7) is 9.70. The van der Waals surface area contributed by atoms with Gasteiger partial charge in [0, 0.05) is 31.8 Å². The van der Waals surface area contributed by atoms with E-state index in [1.54, 1.807) is 0 Å². The lowest BCUT2D eigenvalue weighted by atomic mass is 9.91. The molecule has 0 saturated carbocycles. The average molecular weight is 443 g/mol. The summed E-state index contributed by atoms with van der Waals surface area (Å²) < 4.78 is 45.1. The molecule has 0 bridgehead atoms. The summed E-state index contributed by atoms with van der Waals surface area (Å²) in [6, 6.07) is 3.75. The molecule has 0 radical (unpaired) electrons. The minimum absolute atomic E-state index is 0.128. The van der Waals surface area contributed by atoms with Gasteiger partial charge in [-0.25, -0.2) is 8.78 Å². The summed E-state index contributed by atoms with van der Waals surface area (Å²) in [5, 5.41) is 0. The number of unbranched alkanes of at least 4 members (excludes halogenated alkanes) is 6. The molecule has 1 unspecified atom stereocenters. The SMILES string of the molecule is CCCCCCCCC(CCCCc1cc(F)cc(F)c1)C(OCC)(OCC)OCC. The van der Waals surface area contributed by atoms with E-state index in [1.807, 2.05) is 20.8 Å². The molecule has 1 aromatic carbocycles. The summed E-state index contributed by atoms with van der Waals surface area (Å²) >= 11 is 0. The molecular weight excluding hydrogens is 398 g/mol. The first kappa shape index (κ1) is 28.0. The van der Waals surface area contributed by atoms with Gasteiger partial charge in [0.15, 0.2) is 0 Å². The largest absolute Gasteiger partial charge is 0.328 e. The fourth-order valence-corrected chi connectivity index (χ4v) is 4.23. The van der Waals surface area contributed by atoms with Gasteiger partial charge in [-0.2, -0.15) is 0 Å². The molecule has 0 aromatic heterocycles. The number of rotatable bonds is 19. The minimum atomic E-state index is -1.01. The maximum absolute atomic E-state index is 13.4. The second kappa shape index (κ2) is 16.6. The van der Waals surface area contributed by atoms with E-state index in [9.17, 15) is 8.78 Å². The molecule has 0 aliphatic rings. The Labute approximate surface area is 188 Å². The van der Waals surface area contributed by atoms with Gasteiger partial charge in [0.1, 0.15) is 11.6 Å². The second-order valence-corrected chi connectivity index (χ2v) is 8.18. The van der Waals surface area contributed by atoms with Crippen molar-refractivity contribution in [2.45, 2.75) is 104 Å². The highest BCUT2D eigenvalue weighted by Gasteiger charge is 2.41. The Morgan fingerprint density at radius 1 is 0.677 bits per heavy atom. The Balaban J connectivity index is 2.72. The maximum Gasteiger partial charge on any atom is 0.285 e. The van der Waals surface area contributed by atoms with Crippen LogP contribution in [0.3, 0.4) is 0 Å². The molecule has 180 valence electrons. The normalized spacial score (nSPS) is 13.0. The average Bonchev–Trinajstić information content (AvgIpc) is 2.71. The van der Waals surface area contributed by atoms with Crippen LogP contribution in [-0.4, -0.2) is 25.8 Å². The highest BCUT2D eigenvalue weighted by Crippen LogP contribution is 2.34. The Kier molecular flexibility index (Phi) is 15.0. The molecule has 0 aliphatic heterocycles. The monoisotopic (exact) mass is 442 g/mol. The van der Waals surface area contributed by atoms with Crippen molar-refractivity contribution in [3.63, 3.8) is 0 Å². The second-order valence-electron chi connectivity index (χ2n) is 8.18. The number of hydrogen-bond acceptors (Lipinski definition) is 3. The summed E-state index contributed by atoms with van der Waals surface area (Å²) in [5.74, 6) is -1.91. The van der Waals surface area contributed by atoms with Crippen molar-refractivity contribution in [3.8, 4) is 0 Å². The molecule has 5 heteroatoms. The van der Waals surface area contributed by atoms with Gasteiger partial charge in [0.05, 0.1) is 0 Å². The van der Waals surface area contributed by atoms with E-state index in [2.05, 4.69) is 6.92 Å². The van der Waals surface area contributed by atoms with Gasteiger partial charge in [-0.1, -0.05) is 51.9 Å². The summed E-state index contributed by atoms with van der Waals surface area (Å²) in [7, 11) is 0. The van der Waals surface area contributed by atoms with Crippen LogP contribution in [0.15, 0.2) is 18.2 Å². The standard InChI is InChI=1S/C26H44F2O3/c1-5-9-10-11-12-13-17-23(26(29-6-2,30-7-3)31-8-4)18-15-14-16-22-19-24(27)21-25(28)20-22/h19-21,23H,5-18H2,1-4H3. The van der Waals surface area contributed by atoms with E-state index in [-0.39, 0.29) is 5.92 Å². The third kappa shape index (κ3) is 10.9. The molecule has 1 atom stereocenters. The molecule has 1 rings (SSSR count). The molecule has 0 amide bonds. The van der Waals surface area contributed by atoms with E-state index < -0.39 is 17.6 Å². The lowest BCUT2D eigenvalue weighted by Gasteiger charge is -2.39. The van der Waals surface area contributed by atoms with Crippen molar-refractivity contribution in [2.24, 2.45) is 5.92 Å². The van der Waals surface area contributed by atoms with Gasteiger partial charge in [0.25, 0.3) is 5.97 Å². The number of ether oxygens (including phenoxy) is 3. The zero-order valence-electron chi connectivity index (χ0n) is 20.2. The van der Waals surface area contributed by atoms with Crippen LogP contribution in [0.5, 0.6) is 0 Å². The minimum Gasteiger partial charge on any atom is -0.328 e. The lowest BCUT2D eigenvalue weighted by Crippen LogP contribution is -2.46. The van der Waals surface area contributed by atoms with Gasteiger partial charge in [-0.05, 0) is 64.2 Å². The zero-order chi connectivity index (χ0) is 23.0. The van der Waals surface area contributed by atoms with E-state index >= 15 is 0 Å². The zero-order valence-corrected chi connectivity index (χ0v) is 20.2. The van der Waals surface area contributed by atoms with Crippen LogP contribution in [0.2, 0.25) is 0 Å². The van der Waals surface area contributed by atoms with E-state index in [4.69, 9.17) is 14.2 Å². The van der Waals surface area contributed by atoms with Gasteiger partial charge in [-0.15, -0.1) is 0 Å². The van der Waals surface area contributed by atoms with Crippen LogP contribution in [0, 0.1) is 17.6 Å². The molecule has 3 nitrogen and oxygen atoms in total. The molecule has 0 spiro atoms. The van der Waals surface area contributed by atoms with Gasteiger partial charge in [-0.3, -0.25) is 0 Å². The lowest BCUT2D eigenvalue weighted by molar-refractivity contribution is -0.403. The van der Waals surface area contributed by atoms with Crippen LogP contribution in [0.25, 0.3) is 0 Å². The quantitative estimate of drug-likeness (QED) is 0.161. The Morgan fingerprint density at radius 2 is 1.16 bits per heavy atom. The van der Waals surface area contributed by atoms with Crippen molar-refractivity contribution in [2.75, 3.05) is 19.8 Å². The van der Waals surface area contributed by atoms with Crippen molar-refractivity contribution in [1.29, 1.82) is 0 Å². The van der Waals surface area contributed by atoms with Crippen molar-refractivity contribution >= 4 is 0 Å². The number of aryl methyl sites for hydroxylation is 1. The third-order valence-electron chi connectivity index (χ3n) is 5.63. The Bertz CT molecular complexity index is 543. The maximum atomic E-state index is 13.4. The van der Waals surface area contributed by atoms with E-state index in [0.717, 1.165) is 38.2 Å². The van der Waals surface area contributed by atoms with Crippen LogP contribution in [-0.2, 0) is 20.6 Å². The first-order chi connectivity index (χ1) is 15.0. The Morgan fingerprint density at radius 3 is 1.68 bits per heavy atom. The van der Waals surface area contributed by atoms with Crippen LogP contribution in [0.4, 0.5) is 8.78 Å². The highest BCUT2D eigenvalue weighted by molar-refractivity contribution is 5.17. The molecule has 1 aromatic rings. The van der Waals surface area contributed by atoms with E-state index in [1.165, 1.54) is 44.2 Å². The molecule has 31 heavy (non-hydrogen) atoms. The molecule has 0 heterocycles. The first-order valence-electron chi connectivity index (χ1n) is 12.4. The summed E-state index contributed by atoms with van der Waals surface area (Å²) in [5.41, 5.74) is 0.704. The van der Waals surface area contributed by atoms with Crippen molar-refractivity contribution < 1.29 is 23.0 Å². The van der Waals surface area contributed by atoms with Crippen LogP contribution >= 0.6 is 0 Å². The van der Waals surface area contributed by atoms with Gasteiger partial charge in [0.2, 0.25) is 0 Å². The summed E-state index contributed by atoms with van der Waals surface area (Å²) in [6.07, 6.45) is 11.7. The molecule has 0 aliphatic carbocycles. The van der Waals surface area contributed by atoms with Crippen molar-refractivity contribution in [1.82, 2.24) is 0 Å². The fraction of sp³-hybridized carbons (Fsp3) is 0.769. The van der Waals surface area contributed by atoms with Crippen LogP contribution in [0.1, 0.15) is 97.5 Å². The number of benzene rings is 1. The van der Waals surface area contributed by atoms with Crippen molar-refractivity contribution in [3.05, 3.63) is 35.4 Å². The van der Waals surface area contributed by atoms with E-state index in [0.29, 0.717) is 31.8 Å². The molecule has 0 N–H and O–H groups in total. The topological polar surface area (TPSA) is 27.7 Å². The predicted molar refractivity (Wildman–Crippen MR) is 123 cm³/mol. The first-order valence-corrected chi connectivity index (χ1v) is 12.4. The molecule has 0 saturated heterocycles. The smallest absolute Gasteiger partial charge is 0.285 e. The fourth-order valence-electron chi connectivity index (χ4n) is 4.23. The third-order valence-corrected chi connectivity index (χ3v) is 5.63. The van der Waals surface area contributed by atoms with Crippen LogP contribution < -0.4 is 0 Å². The highest BCUT2D eigenvalue weighted by atomic mass is 19.1. The predicted octanol–water partition coefficient (Wildman–Crippen LogP) is 7.81. The molecule has 0 fully saturated rings. The number of hydrogen-bond donors (Lipinski definition) is 0. The summed E-state index contributed by atoms with van der Waals surface area (Å²) in [4.78, 5) is 0.